The summed E-state index contributed by atoms with van der Waals surface area (Å²) in [6.45, 7) is 0. The average molecular weight is 219 g/mol. The number of rotatable bonds is 2. The fourth-order valence-electron chi connectivity index (χ4n) is 1.03. The summed E-state index contributed by atoms with van der Waals surface area (Å²) in [5, 5.41) is 0.161. The first-order valence-electron chi connectivity index (χ1n) is 3.72. The molecule has 1 aromatic carbocycles. The molecule has 0 amide bonds. The molecule has 1 aromatic rings. The number of hydrogen-bond donors (Lipinski definition) is 0. The normalized spacial score (nSPS) is 9.71. The van der Waals surface area contributed by atoms with Gasteiger partial charge in [0.1, 0.15) is 11.4 Å². The van der Waals surface area contributed by atoms with Crippen molar-refractivity contribution < 1.29 is 18.7 Å². The Balaban J connectivity index is 3.37. The molecule has 0 N–H and O–H groups in total. The van der Waals surface area contributed by atoms with E-state index in [0.717, 1.165) is 13.2 Å². The highest BCUT2D eigenvalue weighted by atomic mass is 35.5. The van der Waals surface area contributed by atoms with E-state index in [9.17, 15) is 9.18 Å². The molecule has 0 fully saturated rings. The third-order valence-corrected chi connectivity index (χ3v) is 1.95. The Kier molecular flexibility index (Phi) is 3.30. The molecular weight excluding hydrogens is 211 g/mol. The monoisotopic (exact) mass is 218 g/mol. The fourth-order valence-corrected chi connectivity index (χ4v) is 1.26. The van der Waals surface area contributed by atoms with E-state index in [1.54, 1.807) is 0 Å². The van der Waals surface area contributed by atoms with E-state index in [0.29, 0.717) is 0 Å². The van der Waals surface area contributed by atoms with Crippen LogP contribution in [0.5, 0.6) is 5.75 Å². The first-order chi connectivity index (χ1) is 6.61. The van der Waals surface area contributed by atoms with Crippen LogP contribution in [-0.2, 0) is 4.74 Å². The SMILES string of the molecule is COC(=O)c1c(F)ccc(Cl)c1OC. The van der Waals surface area contributed by atoms with Gasteiger partial charge in [0.25, 0.3) is 0 Å². The van der Waals surface area contributed by atoms with Gasteiger partial charge in [-0.3, -0.25) is 0 Å². The molecule has 0 heterocycles. The van der Waals surface area contributed by atoms with Crippen LogP contribution in [0.3, 0.4) is 0 Å². The first kappa shape index (κ1) is 10.8. The third kappa shape index (κ3) is 1.80. The Bertz CT molecular complexity index is 365. The summed E-state index contributed by atoms with van der Waals surface area (Å²) in [6, 6.07) is 2.39. The summed E-state index contributed by atoms with van der Waals surface area (Å²) in [6.07, 6.45) is 0. The third-order valence-electron chi connectivity index (χ3n) is 1.65. The molecule has 0 aromatic heterocycles. The van der Waals surface area contributed by atoms with Crippen LogP contribution in [-0.4, -0.2) is 20.2 Å². The molecule has 0 bridgehead atoms. The van der Waals surface area contributed by atoms with Crippen molar-refractivity contribution >= 4 is 17.6 Å². The van der Waals surface area contributed by atoms with Crippen molar-refractivity contribution in [3.63, 3.8) is 0 Å². The van der Waals surface area contributed by atoms with Crippen molar-refractivity contribution in [3.05, 3.63) is 28.5 Å². The smallest absolute Gasteiger partial charge is 0.344 e. The molecule has 76 valence electrons. The lowest BCUT2D eigenvalue weighted by atomic mass is 10.2. The van der Waals surface area contributed by atoms with Gasteiger partial charge in [0.05, 0.1) is 19.2 Å². The summed E-state index contributed by atoms with van der Waals surface area (Å²) in [5.41, 5.74) is -0.289. The van der Waals surface area contributed by atoms with Crippen LogP contribution in [0.1, 0.15) is 10.4 Å². The quantitative estimate of drug-likeness (QED) is 0.715. The van der Waals surface area contributed by atoms with Crippen molar-refractivity contribution in [2.24, 2.45) is 0 Å². The molecule has 3 nitrogen and oxygen atoms in total. The molecule has 0 spiro atoms. The van der Waals surface area contributed by atoms with E-state index in [2.05, 4.69) is 4.74 Å². The first-order valence-corrected chi connectivity index (χ1v) is 4.10. The summed E-state index contributed by atoms with van der Waals surface area (Å²) < 4.78 is 22.4. The van der Waals surface area contributed by atoms with Crippen molar-refractivity contribution in [1.29, 1.82) is 0 Å². The molecule has 0 aliphatic carbocycles. The second kappa shape index (κ2) is 4.28. The topological polar surface area (TPSA) is 35.5 Å². The van der Waals surface area contributed by atoms with Crippen molar-refractivity contribution in [2.45, 2.75) is 0 Å². The maximum atomic E-state index is 13.2. The van der Waals surface area contributed by atoms with Gasteiger partial charge in [-0.15, -0.1) is 0 Å². The van der Waals surface area contributed by atoms with Crippen LogP contribution >= 0.6 is 11.6 Å². The van der Waals surface area contributed by atoms with Crippen molar-refractivity contribution in [3.8, 4) is 5.75 Å². The van der Waals surface area contributed by atoms with E-state index in [-0.39, 0.29) is 16.3 Å². The largest absolute Gasteiger partial charge is 0.494 e. The minimum absolute atomic E-state index is 0.0153. The minimum Gasteiger partial charge on any atom is -0.494 e. The van der Waals surface area contributed by atoms with Crippen molar-refractivity contribution in [2.75, 3.05) is 14.2 Å². The lowest BCUT2D eigenvalue weighted by Gasteiger charge is -2.08. The zero-order valence-corrected chi connectivity index (χ0v) is 8.39. The molecule has 1 rings (SSSR count). The standard InChI is InChI=1S/C9H8ClFO3/c1-13-8-5(10)3-4-6(11)7(8)9(12)14-2/h3-4H,1-2H3. The number of methoxy groups -OCH3 is 2. The van der Waals surface area contributed by atoms with Gasteiger partial charge >= 0.3 is 5.97 Å². The van der Waals surface area contributed by atoms with E-state index in [1.807, 2.05) is 0 Å². The van der Waals surface area contributed by atoms with Gasteiger partial charge in [-0.1, -0.05) is 11.6 Å². The summed E-state index contributed by atoms with van der Waals surface area (Å²) in [5.74, 6) is -1.56. The highest BCUT2D eigenvalue weighted by Gasteiger charge is 2.20. The highest BCUT2D eigenvalue weighted by Crippen LogP contribution is 2.30. The number of halogens is 2. The van der Waals surface area contributed by atoms with Gasteiger partial charge in [-0.25, -0.2) is 9.18 Å². The second-order valence-electron chi connectivity index (χ2n) is 2.43. The maximum absolute atomic E-state index is 13.2. The Labute approximate surface area is 85.4 Å². The van der Waals surface area contributed by atoms with Gasteiger partial charge in [0.15, 0.2) is 5.75 Å². The Morgan fingerprint density at radius 2 is 2.07 bits per heavy atom. The molecular formula is C9H8ClFO3. The second-order valence-corrected chi connectivity index (χ2v) is 2.84. The highest BCUT2D eigenvalue weighted by molar-refractivity contribution is 6.32. The van der Waals surface area contributed by atoms with Crippen LogP contribution in [0.4, 0.5) is 4.39 Å². The van der Waals surface area contributed by atoms with Gasteiger partial charge in [-0.05, 0) is 12.1 Å². The molecule has 14 heavy (non-hydrogen) atoms. The predicted molar refractivity (Wildman–Crippen MR) is 49.3 cm³/mol. The molecule has 5 heteroatoms. The molecule has 0 radical (unpaired) electrons. The number of carbonyl (C=O) groups excluding carboxylic acids is 1. The lowest BCUT2D eigenvalue weighted by Crippen LogP contribution is -2.07. The predicted octanol–water partition coefficient (Wildman–Crippen LogP) is 2.27. The van der Waals surface area contributed by atoms with Crippen LogP contribution < -0.4 is 4.74 Å². The molecule has 0 aliphatic heterocycles. The number of hydrogen-bond acceptors (Lipinski definition) is 3. The van der Waals surface area contributed by atoms with E-state index < -0.39 is 11.8 Å². The van der Waals surface area contributed by atoms with Gasteiger partial charge in [0.2, 0.25) is 0 Å². The number of ether oxygens (including phenoxy) is 2. The zero-order valence-electron chi connectivity index (χ0n) is 7.64. The summed E-state index contributed by atoms with van der Waals surface area (Å²) >= 11 is 5.70. The lowest BCUT2D eigenvalue weighted by molar-refractivity contribution is 0.0591. The zero-order chi connectivity index (χ0) is 10.7. The van der Waals surface area contributed by atoms with Crippen LogP contribution in [0.2, 0.25) is 5.02 Å². The van der Waals surface area contributed by atoms with E-state index in [1.165, 1.54) is 13.2 Å². The van der Waals surface area contributed by atoms with Crippen LogP contribution in [0.25, 0.3) is 0 Å². The molecule has 0 saturated carbocycles. The molecule has 0 unspecified atom stereocenters. The fraction of sp³-hybridized carbons (Fsp3) is 0.222. The molecule has 0 saturated heterocycles. The number of esters is 1. The van der Waals surface area contributed by atoms with E-state index in [4.69, 9.17) is 16.3 Å². The minimum atomic E-state index is -0.818. The van der Waals surface area contributed by atoms with Crippen LogP contribution in [0.15, 0.2) is 12.1 Å². The van der Waals surface area contributed by atoms with Crippen LogP contribution in [0, 0.1) is 5.82 Å². The van der Waals surface area contributed by atoms with Crippen molar-refractivity contribution in [1.82, 2.24) is 0 Å². The molecule has 0 atom stereocenters. The Morgan fingerprint density at radius 1 is 1.43 bits per heavy atom. The van der Waals surface area contributed by atoms with E-state index >= 15 is 0 Å². The molecule has 0 aliphatic rings. The Morgan fingerprint density at radius 3 is 2.57 bits per heavy atom. The Hall–Kier alpha value is -1.29. The maximum Gasteiger partial charge on any atom is 0.344 e. The number of carbonyl (C=O) groups is 1. The van der Waals surface area contributed by atoms with Gasteiger partial charge in [0, 0.05) is 0 Å². The number of benzene rings is 1. The summed E-state index contributed by atoms with van der Waals surface area (Å²) in [4.78, 5) is 11.2. The summed E-state index contributed by atoms with van der Waals surface area (Å²) in [7, 11) is 2.45. The average Bonchev–Trinajstić information content (AvgIpc) is 2.19. The van der Waals surface area contributed by atoms with Gasteiger partial charge < -0.3 is 9.47 Å². The van der Waals surface area contributed by atoms with Gasteiger partial charge in [-0.2, -0.15) is 0 Å².